The van der Waals surface area contributed by atoms with Crippen molar-refractivity contribution in [3.63, 3.8) is 0 Å². The lowest BCUT2D eigenvalue weighted by Crippen LogP contribution is -2.30. The number of rotatable bonds is 5. The van der Waals surface area contributed by atoms with E-state index >= 15 is 0 Å². The average molecular weight is 249 g/mol. The summed E-state index contributed by atoms with van der Waals surface area (Å²) in [6.45, 7) is 3.55. The molecule has 2 heterocycles. The first-order valence-electron chi connectivity index (χ1n) is 6.51. The molecule has 1 fully saturated rings. The van der Waals surface area contributed by atoms with Crippen LogP contribution in [-0.2, 0) is 4.79 Å². The average Bonchev–Trinajstić information content (AvgIpc) is 2.86. The molecule has 1 unspecified atom stereocenters. The number of aromatic nitrogens is 2. The summed E-state index contributed by atoms with van der Waals surface area (Å²) in [6.07, 6.45) is 5.20. The lowest BCUT2D eigenvalue weighted by molar-refractivity contribution is -0.130. The molecule has 0 aromatic carbocycles. The number of amides is 1. The van der Waals surface area contributed by atoms with Crippen molar-refractivity contribution in [2.75, 3.05) is 13.1 Å². The highest BCUT2D eigenvalue weighted by atomic mass is 16.5. The zero-order valence-electron chi connectivity index (χ0n) is 10.7. The summed E-state index contributed by atoms with van der Waals surface area (Å²) in [5.41, 5.74) is 0. The lowest BCUT2D eigenvalue weighted by atomic mass is 10.2. The van der Waals surface area contributed by atoms with Crippen LogP contribution in [0.5, 0.6) is 5.88 Å². The van der Waals surface area contributed by atoms with Gasteiger partial charge in [0.05, 0.1) is 6.54 Å². The fourth-order valence-corrected chi connectivity index (χ4v) is 2.06. The van der Waals surface area contributed by atoms with Crippen molar-refractivity contribution in [3.8, 4) is 5.88 Å². The molecule has 0 bridgehead atoms. The fraction of sp³-hybridized carbons (Fsp3) is 0.615. The molecule has 0 aliphatic carbocycles. The molecule has 1 aromatic rings. The normalized spacial score (nSPS) is 18.9. The van der Waals surface area contributed by atoms with Crippen LogP contribution in [-0.4, -0.2) is 40.2 Å². The second-order valence-electron chi connectivity index (χ2n) is 4.53. The summed E-state index contributed by atoms with van der Waals surface area (Å²) >= 11 is 0. The minimum Gasteiger partial charge on any atom is -0.471 e. The first kappa shape index (κ1) is 12.8. The van der Waals surface area contributed by atoms with Crippen LogP contribution in [0.3, 0.4) is 0 Å². The molecule has 0 spiro atoms. The quantitative estimate of drug-likeness (QED) is 0.796. The third-order valence-corrected chi connectivity index (χ3v) is 3.08. The fourth-order valence-electron chi connectivity index (χ4n) is 2.06. The van der Waals surface area contributed by atoms with E-state index in [9.17, 15) is 4.79 Å². The summed E-state index contributed by atoms with van der Waals surface area (Å²) in [5.74, 6) is 0.771. The largest absolute Gasteiger partial charge is 0.471 e. The first-order valence-corrected chi connectivity index (χ1v) is 6.51. The number of ether oxygens (including phenoxy) is 1. The molecule has 5 heteroatoms. The van der Waals surface area contributed by atoms with E-state index in [-0.39, 0.29) is 12.0 Å². The van der Waals surface area contributed by atoms with E-state index in [0.717, 1.165) is 25.8 Å². The minimum atomic E-state index is 0.0484. The zero-order valence-corrected chi connectivity index (χ0v) is 10.7. The van der Waals surface area contributed by atoms with Crippen molar-refractivity contribution in [1.82, 2.24) is 15.1 Å². The minimum absolute atomic E-state index is 0.0484. The SMILES string of the molecule is CCCCC(=O)N1CCC(Oc2cccnn2)C1. The molecule has 0 radical (unpaired) electrons. The number of carbonyl (C=O) groups is 1. The van der Waals surface area contributed by atoms with Gasteiger partial charge in [-0.3, -0.25) is 4.79 Å². The van der Waals surface area contributed by atoms with Crippen molar-refractivity contribution >= 4 is 5.91 Å². The number of carbonyl (C=O) groups excluding carboxylic acids is 1. The molecule has 1 saturated heterocycles. The molecular formula is C13H19N3O2. The zero-order chi connectivity index (χ0) is 12.8. The van der Waals surface area contributed by atoms with Gasteiger partial charge in [0, 0.05) is 31.6 Å². The highest BCUT2D eigenvalue weighted by Crippen LogP contribution is 2.16. The Bertz CT molecular complexity index is 383. The topological polar surface area (TPSA) is 55.3 Å². The van der Waals surface area contributed by atoms with E-state index < -0.39 is 0 Å². The van der Waals surface area contributed by atoms with Gasteiger partial charge in [-0.15, -0.1) is 5.10 Å². The van der Waals surface area contributed by atoms with Crippen LogP contribution in [0.2, 0.25) is 0 Å². The van der Waals surface area contributed by atoms with Crippen molar-refractivity contribution in [3.05, 3.63) is 18.3 Å². The monoisotopic (exact) mass is 249 g/mol. The van der Waals surface area contributed by atoms with Crippen molar-refractivity contribution in [2.24, 2.45) is 0 Å². The van der Waals surface area contributed by atoms with Crippen LogP contribution in [0.1, 0.15) is 32.6 Å². The Hall–Kier alpha value is -1.65. The van der Waals surface area contributed by atoms with Crippen LogP contribution in [0, 0.1) is 0 Å². The summed E-state index contributed by atoms with van der Waals surface area (Å²) in [4.78, 5) is 13.7. The van der Waals surface area contributed by atoms with Gasteiger partial charge in [0.15, 0.2) is 0 Å². The molecule has 1 aliphatic heterocycles. The Kier molecular flexibility index (Phi) is 4.50. The Balaban J connectivity index is 1.80. The molecule has 2 rings (SSSR count). The van der Waals surface area contributed by atoms with Gasteiger partial charge >= 0.3 is 0 Å². The van der Waals surface area contributed by atoms with E-state index in [2.05, 4.69) is 17.1 Å². The van der Waals surface area contributed by atoms with E-state index in [1.807, 2.05) is 4.90 Å². The predicted octanol–water partition coefficient (Wildman–Crippen LogP) is 1.65. The predicted molar refractivity (Wildman–Crippen MR) is 67.2 cm³/mol. The molecule has 1 amide bonds. The second-order valence-corrected chi connectivity index (χ2v) is 4.53. The summed E-state index contributed by atoms with van der Waals surface area (Å²) in [5, 5.41) is 7.65. The van der Waals surface area contributed by atoms with Crippen molar-refractivity contribution < 1.29 is 9.53 Å². The number of nitrogens with zero attached hydrogens (tertiary/aromatic N) is 3. The van der Waals surface area contributed by atoms with Crippen molar-refractivity contribution in [1.29, 1.82) is 0 Å². The maximum Gasteiger partial charge on any atom is 0.233 e. The maximum atomic E-state index is 11.8. The van der Waals surface area contributed by atoms with E-state index in [1.165, 1.54) is 0 Å². The number of likely N-dealkylation sites (tertiary alicyclic amines) is 1. The highest BCUT2D eigenvalue weighted by molar-refractivity contribution is 5.76. The van der Waals surface area contributed by atoms with Crippen LogP contribution >= 0.6 is 0 Å². The smallest absolute Gasteiger partial charge is 0.233 e. The third kappa shape index (κ3) is 3.42. The second kappa shape index (κ2) is 6.33. The molecule has 0 saturated carbocycles. The van der Waals surface area contributed by atoms with Gasteiger partial charge in [-0.05, 0) is 12.5 Å². The van der Waals surface area contributed by atoms with E-state index in [0.29, 0.717) is 18.8 Å². The summed E-state index contributed by atoms with van der Waals surface area (Å²) < 4.78 is 5.69. The molecular weight excluding hydrogens is 230 g/mol. The van der Waals surface area contributed by atoms with Gasteiger partial charge in [-0.2, -0.15) is 5.10 Å². The third-order valence-electron chi connectivity index (χ3n) is 3.08. The van der Waals surface area contributed by atoms with Crippen LogP contribution < -0.4 is 4.74 Å². The Labute approximate surface area is 107 Å². The van der Waals surface area contributed by atoms with Gasteiger partial charge < -0.3 is 9.64 Å². The van der Waals surface area contributed by atoms with Crippen LogP contribution in [0.25, 0.3) is 0 Å². The summed E-state index contributed by atoms with van der Waals surface area (Å²) in [7, 11) is 0. The van der Waals surface area contributed by atoms with E-state index in [1.54, 1.807) is 18.3 Å². The molecule has 5 nitrogen and oxygen atoms in total. The van der Waals surface area contributed by atoms with E-state index in [4.69, 9.17) is 4.74 Å². The number of hydrogen-bond acceptors (Lipinski definition) is 4. The van der Waals surface area contributed by atoms with Gasteiger partial charge in [-0.1, -0.05) is 13.3 Å². The highest BCUT2D eigenvalue weighted by Gasteiger charge is 2.27. The Morgan fingerprint density at radius 2 is 2.50 bits per heavy atom. The van der Waals surface area contributed by atoms with Crippen molar-refractivity contribution in [2.45, 2.75) is 38.7 Å². The van der Waals surface area contributed by atoms with Gasteiger partial charge in [0.1, 0.15) is 6.10 Å². The Morgan fingerprint density at radius 1 is 1.61 bits per heavy atom. The van der Waals surface area contributed by atoms with Crippen LogP contribution in [0.15, 0.2) is 18.3 Å². The maximum absolute atomic E-state index is 11.8. The van der Waals surface area contributed by atoms with Crippen LogP contribution in [0.4, 0.5) is 0 Å². The molecule has 98 valence electrons. The number of hydrogen-bond donors (Lipinski definition) is 0. The first-order chi connectivity index (χ1) is 8.79. The van der Waals surface area contributed by atoms with Gasteiger partial charge in [-0.25, -0.2) is 0 Å². The van der Waals surface area contributed by atoms with Gasteiger partial charge in [0.2, 0.25) is 11.8 Å². The standard InChI is InChI=1S/C13H19N3O2/c1-2-3-6-13(17)16-9-7-11(10-16)18-12-5-4-8-14-15-12/h4-5,8,11H,2-3,6-7,9-10H2,1H3. The number of unbranched alkanes of at least 4 members (excludes halogenated alkanes) is 1. The lowest BCUT2D eigenvalue weighted by Gasteiger charge is -2.16. The molecule has 1 aliphatic rings. The molecule has 0 N–H and O–H groups in total. The molecule has 1 aromatic heterocycles. The molecule has 18 heavy (non-hydrogen) atoms. The van der Waals surface area contributed by atoms with Gasteiger partial charge in [0.25, 0.3) is 0 Å². The molecule has 1 atom stereocenters. The Morgan fingerprint density at radius 3 is 3.22 bits per heavy atom. The summed E-state index contributed by atoms with van der Waals surface area (Å²) in [6, 6.07) is 3.58.